The molecule has 1 atom stereocenters. The van der Waals surface area contributed by atoms with Gasteiger partial charge in [-0.25, -0.2) is 4.79 Å². The molecule has 18 heavy (non-hydrogen) atoms. The zero-order valence-corrected chi connectivity index (χ0v) is 12.2. The molecule has 3 nitrogen and oxygen atoms in total. The molecule has 0 aromatic heterocycles. The highest BCUT2D eigenvalue weighted by atomic mass is 35.5. The first-order chi connectivity index (χ1) is 8.63. The third-order valence-corrected chi connectivity index (χ3v) is 5.79. The monoisotopic (exact) mass is 304 g/mol. The van der Waals surface area contributed by atoms with Crippen molar-refractivity contribution in [2.75, 3.05) is 19.5 Å². The van der Waals surface area contributed by atoms with Crippen molar-refractivity contribution >= 4 is 41.1 Å². The number of hydrogen-bond acceptors (Lipinski definition) is 4. The Bertz CT molecular complexity index is 465. The van der Waals surface area contributed by atoms with E-state index in [0.29, 0.717) is 9.60 Å². The topological polar surface area (TPSA) is 46.5 Å². The minimum absolute atomic E-state index is 0.193. The van der Waals surface area contributed by atoms with E-state index < -0.39 is 5.97 Å². The van der Waals surface area contributed by atoms with Crippen molar-refractivity contribution in [3.8, 4) is 0 Å². The number of aromatic carboxylic acids is 1. The zero-order valence-electron chi connectivity index (χ0n) is 9.81. The summed E-state index contributed by atoms with van der Waals surface area (Å²) in [4.78, 5) is 12.1. The average Bonchev–Trinajstić information content (AvgIpc) is 2.73. The Morgan fingerprint density at radius 2 is 2.44 bits per heavy atom. The number of fused-ring (bicyclic) bond motifs is 1. The Morgan fingerprint density at radius 3 is 3.11 bits per heavy atom. The Hall–Kier alpha value is -0.360. The molecule has 98 valence electrons. The minimum atomic E-state index is -0.969. The number of rotatable bonds is 5. The van der Waals surface area contributed by atoms with Gasteiger partial charge >= 0.3 is 5.97 Å². The molecule has 1 aromatic carbocycles. The van der Waals surface area contributed by atoms with Gasteiger partial charge in [0.1, 0.15) is 0 Å². The summed E-state index contributed by atoms with van der Waals surface area (Å²) in [6.07, 6.45) is 0.814. The van der Waals surface area contributed by atoms with Gasteiger partial charge in [-0.05, 0) is 24.1 Å². The number of hydrogen-bond donors (Lipinski definition) is 1. The molecule has 0 bridgehead atoms. The fraction of sp³-hybridized carbons (Fsp3) is 0.417. The van der Waals surface area contributed by atoms with Crippen molar-refractivity contribution in [1.29, 1.82) is 0 Å². The second kappa shape index (κ2) is 6.19. The van der Waals surface area contributed by atoms with Crippen LogP contribution >= 0.6 is 35.1 Å². The van der Waals surface area contributed by atoms with Crippen LogP contribution in [0.1, 0.15) is 15.9 Å². The van der Waals surface area contributed by atoms with Crippen LogP contribution < -0.4 is 0 Å². The van der Waals surface area contributed by atoms with Gasteiger partial charge in [-0.1, -0.05) is 11.6 Å². The lowest BCUT2D eigenvalue weighted by molar-refractivity contribution is 0.0697. The quantitative estimate of drug-likeness (QED) is 0.845. The summed E-state index contributed by atoms with van der Waals surface area (Å²) in [7, 11) is 1.69. The van der Waals surface area contributed by atoms with Gasteiger partial charge in [0.2, 0.25) is 0 Å². The average molecular weight is 305 g/mol. The number of carbonyl (C=O) groups is 1. The van der Waals surface area contributed by atoms with Crippen molar-refractivity contribution in [2.24, 2.45) is 0 Å². The smallest absolute Gasteiger partial charge is 0.337 e. The standard InChI is InChI=1S/C12H13ClO3S2/c1-16-4-5-17-10-6-8-9(18-10)3-2-7(11(8)13)12(14)15/h2-3,10H,4-6H2,1H3,(H,14,15). The van der Waals surface area contributed by atoms with Crippen LogP contribution in [-0.4, -0.2) is 35.1 Å². The molecule has 0 aliphatic carbocycles. The first kappa shape index (κ1) is 14.1. The van der Waals surface area contributed by atoms with Gasteiger partial charge < -0.3 is 9.84 Å². The molecule has 0 radical (unpaired) electrons. The Balaban J connectivity index is 2.10. The van der Waals surface area contributed by atoms with Crippen LogP contribution in [0, 0.1) is 0 Å². The number of benzene rings is 1. The molecule has 1 aromatic rings. The summed E-state index contributed by atoms with van der Waals surface area (Å²) in [6.45, 7) is 0.728. The molecule has 1 unspecified atom stereocenters. The Labute approximate surface area is 119 Å². The highest BCUT2D eigenvalue weighted by molar-refractivity contribution is 8.17. The molecular weight excluding hydrogens is 292 g/mol. The van der Waals surface area contributed by atoms with Crippen LogP contribution in [0.5, 0.6) is 0 Å². The number of ether oxygens (including phenoxy) is 1. The van der Waals surface area contributed by atoms with Crippen LogP contribution in [-0.2, 0) is 11.2 Å². The maximum Gasteiger partial charge on any atom is 0.337 e. The van der Waals surface area contributed by atoms with E-state index in [4.69, 9.17) is 21.4 Å². The van der Waals surface area contributed by atoms with Gasteiger partial charge in [-0.3, -0.25) is 0 Å². The van der Waals surface area contributed by atoms with Gasteiger partial charge in [-0.15, -0.1) is 23.5 Å². The normalized spacial score (nSPS) is 17.8. The third kappa shape index (κ3) is 2.96. The summed E-state index contributed by atoms with van der Waals surface area (Å²) in [5.41, 5.74) is 1.16. The van der Waals surface area contributed by atoms with Gasteiger partial charge in [0.05, 0.1) is 21.8 Å². The highest BCUT2D eigenvalue weighted by Crippen LogP contribution is 2.45. The van der Waals surface area contributed by atoms with Crippen LogP contribution in [0.25, 0.3) is 0 Å². The minimum Gasteiger partial charge on any atom is -0.478 e. The highest BCUT2D eigenvalue weighted by Gasteiger charge is 2.27. The second-order valence-corrected chi connectivity index (χ2v) is 7.06. The molecule has 1 aliphatic heterocycles. The molecule has 1 aliphatic rings. The van der Waals surface area contributed by atoms with E-state index in [2.05, 4.69) is 0 Å². The molecule has 0 fully saturated rings. The lowest BCUT2D eigenvalue weighted by Gasteiger charge is -2.06. The van der Waals surface area contributed by atoms with E-state index in [1.54, 1.807) is 24.9 Å². The third-order valence-electron chi connectivity index (χ3n) is 2.65. The van der Waals surface area contributed by atoms with Crippen molar-refractivity contribution in [3.63, 3.8) is 0 Å². The molecule has 0 spiro atoms. The van der Waals surface area contributed by atoms with Gasteiger partial charge in [-0.2, -0.15) is 0 Å². The van der Waals surface area contributed by atoms with Crippen molar-refractivity contribution in [1.82, 2.24) is 0 Å². The maximum absolute atomic E-state index is 11.0. The summed E-state index contributed by atoms with van der Waals surface area (Å²) in [5, 5.41) is 9.41. The Kier molecular flexibility index (Phi) is 4.84. The van der Waals surface area contributed by atoms with E-state index >= 15 is 0 Å². The first-order valence-corrected chi connectivity index (χ1v) is 7.76. The number of thioether (sulfide) groups is 2. The number of carboxylic acid groups (broad SMARTS) is 1. The maximum atomic E-state index is 11.0. The predicted molar refractivity (Wildman–Crippen MR) is 76.1 cm³/mol. The Morgan fingerprint density at radius 1 is 1.67 bits per heavy atom. The second-order valence-electron chi connectivity index (χ2n) is 3.82. The van der Waals surface area contributed by atoms with Crippen LogP contribution in [0.3, 0.4) is 0 Å². The lowest BCUT2D eigenvalue weighted by atomic mass is 10.1. The molecular formula is C12H13ClO3S2. The number of carboxylic acids is 1. The summed E-state index contributed by atoms with van der Waals surface area (Å²) in [5.74, 6) is -0.0331. The SMILES string of the molecule is COCCSC1Cc2c(ccc(C(=O)O)c2Cl)S1. The molecule has 2 rings (SSSR count). The van der Waals surface area contributed by atoms with E-state index in [1.165, 1.54) is 0 Å². The molecule has 0 saturated carbocycles. The predicted octanol–water partition coefficient (Wildman–Crippen LogP) is 3.39. The molecule has 6 heteroatoms. The largest absolute Gasteiger partial charge is 0.478 e. The molecule has 0 amide bonds. The zero-order chi connectivity index (χ0) is 13.1. The molecule has 0 saturated heterocycles. The first-order valence-electron chi connectivity index (χ1n) is 5.45. The van der Waals surface area contributed by atoms with E-state index in [9.17, 15) is 4.79 Å². The number of halogens is 1. The van der Waals surface area contributed by atoms with Crippen molar-refractivity contribution in [2.45, 2.75) is 15.9 Å². The summed E-state index contributed by atoms with van der Waals surface area (Å²) < 4.78 is 5.42. The van der Waals surface area contributed by atoms with E-state index in [-0.39, 0.29) is 5.56 Å². The van der Waals surface area contributed by atoms with Crippen LogP contribution in [0.4, 0.5) is 0 Å². The van der Waals surface area contributed by atoms with Crippen molar-refractivity contribution in [3.05, 3.63) is 28.3 Å². The molecule has 1 heterocycles. The van der Waals surface area contributed by atoms with Gasteiger partial charge in [0.25, 0.3) is 0 Å². The fourth-order valence-electron chi connectivity index (χ4n) is 1.78. The summed E-state index contributed by atoms with van der Waals surface area (Å²) >= 11 is 9.72. The van der Waals surface area contributed by atoms with Crippen molar-refractivity contribution < 1.29 is 14.6 Å². The van der Waals surface area contributed by atoms with Gasteiger partial charge in [0, 0.05) is 17.8 Å². The molecule has 1 N–H and O–H groups in total. The van der Waals surface area contributed by atoms with E-state index in [1.807, 2.05) is 17.8 Å². The van der Waals surface area contributed by atoms with E-state index in [0.717, 1.165) is 29.2 Å². The van der Waals surface area contributed by atoms with Crippen LogP contribution in [0.15, 0.2) is 17.0 Å². The summed E-state index contributed by atoms with van der Waals surface area (Å²) in [6, 6.07) is 3.44. The van der Waals surface area contributed by atoms with Crippen LogP contribution in [0.2, 0.25) is 5.02 Å². The number of methoxy groups -OCH3 is 1. The lowest BCUT2D eigenvalue weighted by Crippen LogP contribution is -2.02. The fourth-order valence-corrected chi connectivity index (χ4v) is 4.84. The van der Waals surface area contributed by atoms with Gasteiger partial charge in [0.15, 0.2) is 0 Å².